The molecule has 0 aliphatic heterocycles. The summed E-state index contributed by atoms with van der Waals surface area (Å²) in [6, 6.07) is 13.1. The first-order valence-electron chi connectivity index (χ1n) is 6.62. The summed E-state index contributed by atoms with van der Waals surface area (Å²) in [4.78, 5) is 12.4. The minimum atomic E-state index is -0.0433. The van der Waals surface area contributed by atoms with Crippen LogP contribution in [-0.4, -0.2) is 5.78 Å². The van der Waals surface area contributed by atoms with Crippen molar-refractivity contribution in [3.05, 3.63) is 68.7 Å². The van der Waals surface area contributed by atoms with E-state index in [1.165, 1.54) is 5.56 Å². The Hall–Kier alpha value is -1.12. The van der Waals surface area contributed by atoms with Crippen LogP contribution in [0.25, 0.3) is 0 Å². The number of ketones is 1. The van der Waals surface area contributed by atoms with Gasteiger partial charge in [0, 0.05) is 15.6 Å². The Bertz CT molecular complexity index is 619. The first kappa shape index (κ1) is 15.3. The molecule has 3 heteroatoms. The molecule has 1 nitrogen and oxygen atoms in total. The van der Waals surface area contributed by atoms with Gasteiger partial charge in [0.2, 0.25) is 0 Å². The predicted octanol–water partition coefficient (Wildman–Crippen LogP) is 5.85. The number of benzene rings is 2. The summed E-state index contributed by atoms with van der Waals surface area (Å²) in [5.74, 6) is 0.466. The molecule has 0 aromatic heterocycles. The van der Waals surface area contributed by atoms with E-state index < -0.39 is 0 Å². The highest BCUT2D eigenvalue weighted by Crippen LogP contribution is 2.25. The molecule has 0 radical (unpaired) electrons. The molecule has 2 aromatic carbocycles. The van der Waals surface area contributed by atoms with Gasteiger partial charge in [-0.1, -0.05) is 65.6 Å². The lowest BCUT2D eigenvalue weighted by Gasteiger charge is -2.10. The van der Waals surface area contributed by atoms with Gasteiger partial charge in [-0.05, 0) is 36.1 Å². The summed E-state index contributed by atoms with van der Waals surface area (Å²) in [7, 11) is 0. The lowest BCUT2D eigenvalue weighted by Crippen LogP contribution is -2.02. The van der Waals surface area contributed by atoms with Crippen LogP contribution in [0.4, 0.5) is 0 Å². The van der Waals surface area contributed by atoms with Crippen molar-refractivity contribution >= 4 is 33.3 Å². The minimum absolute atomic E-state index is 0.0433. The molecule has 0 saturated carbocycles. The molecule has 0 amide bonds. The van der Waals surface area contributed by atoms with Crippen LogP contribution < -0.4 is 0 Å². The maximum atomic E-state index is 12.4. The summed E-state index contributed by atoms with van der Waals surface area (Å²) < 4.78 is 0.867. The Kier molecular flexibility index (Phi) is 5.00. The van der Waals surface area contributed by atoms with E-state index >= 15 is 0 Å². The Morgan fingerprint density at radius 3 is 2.40 bits per heavy atom. The molecule has 1 unspecified atom stereocenters. The van der Waals surface area contributed by atoms with Crippen LogP contribution in [0.2, 0.25) is 5.02 Å². The number of carbonyl (C=O) groups is 1. The third kappa shape index (κ3) is 3.31. The van der Waals surface area contributed by atoms with Gasteiger partial charge >= 0.3 is 0 Å². The van der Waals surface area contributed by atoms with Crippen molar-refractivity contribution in [2.24, 2.45) is 0 Å². The van der Waals surface area contributed by atoms with Gasteiger partial charge in [-0.2, -0.15) is 0 Å². The number of rotatable bonds is 4. The summed E-state index contributed by atoms with van der Waals surface area (Å²) in [6.07, 6.45) is 1.09. The third-order valence-electron chi connectivity index (χ3n) is 3.53. The fourth-order valence-electron chi connectivity index (χ4n) is 2.03. The average molecular weight is 352 g/mol. The molecule has 20 heavy (non-hydrogen) atoms. The highest BCUT2D eigenvalue weighted by molar-refractivity contribution is 9.10. The van der Waals surface area contributed by atoms with Crippen molar-refractivity contribution in [1.82, 2.24) is 0 Å². The average Bonchev–Trinajstić information content (AvgIpc) is 2.46. The molecule has 0 aliphatic rings. The van der Waals surface area contributed by atoms with Crippen LogP contribution in [0.1, 0.15) is 47.7 Å². The third-order valence-corrected chi connectivity index (χ3v) is 4.34. The fourth-order valence-corrected chi connectivity index (χ4v) is 2.79. The topological polar surface area (TPSA) is 17.1 Å². The van der Waals surface area contributed by atoms with Gasteiger partial charge in [0.05, 0.1) is 5.02 Å². The van der Waals surface area contributed by atoms with Gasteiger partial charge in [0.15, 0.2) is 5.78 Å². The van der Waals surface area contributed by atoms with Gasteiger partial charge in [0.1, 0.15) is 0 Å². The summed E-state index contributed by atoms with van der Waals surface area (Å²) >= 11 is 9.47. The van der Waals surface area contributed by atoms with Crippen LogP contribution in [0.3, 0.4) is 0 Å². The van der Waals surface area contributed by atoms with Crippen molar-refractivity contribution in [3.8, 4) is 0 Å². The van der Waals surface area contributed by atoms with Gasteiger partial charge in [-0.3, -0.25) is 4.79 Å². The lowest BCUT2D eigenvalue weighted by atomic mass is 9.95. The Labute approximate surface area is 133 Å². The van der Waals surface area contributed by atoms with E-state index in [0.717, 1.165) is 10.9 Å². The van der Waals surface area contributed by atoms with Crippen LogP contribution in [0, 0.1) is 0 Å². The van der Waals surface area contributed by atoms with Gasteiger partial charge in [0.25, 0.3) is 0 Å². The monoisotopic (exact) mass is 350 g/mol. The van der Waals surface area contributed by atoms with Crippen molar-refractivity contribution in [2.45, 2.75) is 26.2 Å². The molecule has 1 atom stereocenters. The smallest absolute Gasteiger partial charge is 0.194 e. The Morgan fingerprint density at radius 2 is 1.85 bits per heavy atom. The normalized spacial score (nSPS) is 12.2. The zero-order valence-corrected chi connectivity index (χ0v) is 13.8. The molecule has 0 fully saturated rings. The van der Waals surface area contributed by atoms with Gasteiger partial charge < -0.3 is 0 Å². The number of carbonyl (C=O) groups excluding carboxylic acids is 1. The highest BCUT2D eigenvalue weighted by Gasteiger charge is 2.13. The lowest BCUT2D eigenvalue weighted by molar-refractivity contribution is 0.103. The zero-order chi connectivity index (χ0) is 14.7. The molecule has 2 rings (SSSR count). The van der Waals surface area contributed by atoms with Crippen LogP contribution in [0.5, 0.6) is 0 Å². The Balaban J connectivity index is 2.29. The molecular weight excluding hydrogens is 336 g/mol. The first-order chi connectivity index (χ1) is 9.52. The summed E-state index contributed by atoms with van der Waals surface area (Å²) in [6.45, 7) is 4.34. The second kappa shape index (κ2) is 6.55. The van der Waals surface area contributed by atoms with E-state index in [1.807, 2.05) is 30.3 Å². The SMILES string of the molecule is CCC(C)c1ccc(C(=O)c2ccc(Br)cc2Cl)cc1. The molecule has 0 bridgehead atoms. The molecule has 0 heterocycles. The predicted molar refractivity (Wildman–Crippen MR) is 87.7 cm³/mol. The van der Waals surface area contributed by atoms with E-state index in [9.17, 15) is 4.79 Å². The number of hydrogen-bond acceptors (Lipinski definition) is 1. The number of halogens is 2. The van der Waals surface area contributed by atoms with Crippen LogP contribution in [-0.2, 0) is 0 Å². The molecule has 0 saturated heterocycles. The van der Waals surface area contributed by atoms with E-state index in [2.05, 4.69) is 29.8 Å². The molecule has 104 valence electrons. The van der Waals surface area contributed by atoms with Crippen molar-refractivity contribution in [1.29, 1.82) is 0 Å². The number of hydrogen-bond donors (Lipinski definition) is 0. The van der Waals surface area contributed by atoms with E-state index in [0.29, 0.717) is 22.1 Å². The van der Waals surface area contributed by atoms with Gasteiger partial charge in [-0.25, -0.2) is 0 Å². The van der Waals surface area contributed by atoms with Crippen molar-refractivity contribution in [2.75, 3.05) is 0 Å². The zero-order valence-electron chi connectivity index (χ0n) is 11.5. The van der Waals surface area contributed by atoms with E-state index in [4.69, 9.17) is 11.6 Å². The Morgan fingerprint density at radius 1 is 1.20 bits per heavy atom. The molecule has 0 spiro atoms. The van der Waals surface area contributed by atoms with Crippen molar-refractivity contribution < 1.29 is 4.79 Å². The summed E-state index contributed by atoms with van der Waals surface area (Å²) in [5, 5.41) is 0.468. The maximum absolute atomic E-state index is 12.4. The van der Waals surface area contributed by atoms with Crippen LogP contribution in [0.15, 0.2) is 46.9 Å². The van der Waals surface area contributed by atoms with E-state index in [1.54, 1.807) is 12.1 Å². The standard InChI is InChI=1S/C17H16BrClO/c1-3-11(2)12-4-6-13(7-5-12)17(20)15-9-8-14(18)10-16(15)19/h4-11H,3H2,1-2H3. The molecule has 0 aliphatic carbocycles. The molecule has 0 N–H and O–H groups in total. The van der Waals surface area contributed by atoms with Crippen LogP contribution >= 0.6 is 27.5 Å². The van der Waals surface area contributed by atoms with Crippen molar-refractivity contribution in [3.63, 3.8) is 0 Å². The minimum Gasteiger partial charge on any atom is -0.289 e. The fraction of sp³-hybridized carbons (Fsp3) is 0.235. The maximum Gasteiger partial charge on any atom is 0.194 e. The second-order valence-corrected chi connectivity index (χ2v) is 6.21. The largest absolute Gasteiger partial charge is 0.289 e. The summed E-state index contributed by atoms with van der Waals surface area (Å²) in [5.41, 5.74) is 2.46. The molecular formula is C17H16BrClO. The van der Waals surface area contributed by atoms with Gasteiger partial charge in [-0.15, -0.1) is 0 Å². The first-order valence-corrected chi connectivity index (χ1v) is 7.79. The van der Waals surface area contributed by atoms with E-state index in [-0.39, 0.29) is 5.78 Å². The highest BCUT2D eigenvalue weighted by atomic mass is 79.9. The second-order valence-electron chi connectivity index (χ2n) is 4.88. The molecule has 2 aromatic rings. The quantitative estimate of drug-likeness (QED) is 0.632.